The number of rotatable bonds is 4. The van der Waals surface area contributed by atoms with E-state index in [4.69, 9.17) is 4.74 Å². The summed E-state index contributed by atoms with van der Waals surface area (Å²) in [6, 6.07) is 1.67. The molecule has 1 aliphatic rings. The van der Waals surface area contributed by atoms with Gasteiger partial charge in [0.1, 0.15) is 11.1 Å². The highest BCUT2D eigenvalue weighted by Gasteiger charge is 2.23. The molecule has 3 aromatic rings. The van der Waals surface area contributed by atoms with Crippen molar-refractivity contribution in [2.24, 2.45) is 0 Å². The molecule has 0 spiro atoms. The minimum Gasteiger partial charge on any atom is -0.480 e. The van der Waals surface area contributed by atoms with Gasteiger partial charge >= 0.3 is 0 Å². The first-order valence-corrected chi connectivity index (χ1v) is 8.70. The summed E-state index contributed by atoms with van der Waals surface area (Å²) in [5.41, 5.74) is 5.16. The predicted molar refractivity (Wildman–Crippen MR) is 89.6 cm³/mol. The van der Waals surface area contributed by atoms with Crippen molar-refractivity contribution in [3.05, 3.63) is 40.3 Å². The highest BCUT2D eigenvalue weighted by Crippen LogP contribution is 2.27. The lowest BCUT2D eigenvalue weighted by Gasteiger charge is -2.14. The van der Waals surface area contributed by atoms with Crippen molar-refractivity contribution in [3.63, 3.8) is 0 Å². The molecule has 7 nitrogen and oxygen atoms in total. The second-order valence-corrected chi connectivity index (χ2v) is 6.64. The quantitative estimate of drug-likeness (QED) is 0.785. The molecule has 1 N–H and O–H groups in total. The van der Waals surface area contributed by atoms with Gasteiger partial charge in [-0.05, 0) is 37.8 Å². The van der Waals surface area contributed by atoms with Crippen LogP contribution in [0.3, 0.4) is 0 Å². The van der Waals surface area contributed by atoms with Gasteiger partial charge in [0, 0.05) is 5.69 Å². The Bertz CT molecular complexity index is 888. The fourth-order valence-electron chi connectivity index (χ4n) is 2.98. The highest BCUT2D eigenvalue weighted by atomic mass is 32.1. The average Bonchev–Trinajstić information content (AvgIpc) is 3.27. The summed E-state index contributed by atoms with van der Waals surface area (Å²) in [7, 11) is 1.54. The fourth-order valence-corrected chi connectivity index (χ4v) is 3.59. The number of ether oxygens (including phenoxy) is 1. The fraction of sp³-hybridized carbons (Fsp3) is 0.375. The van der Waals surface area contributed by atoms with E-state index in [-0.39, 0.29) is 11.9 Å². The largest absolute Gasteiger partial charge is 0.480 e. The highest BCUT2D eigenvalue weighted by molar-refractivity contribution is 7.14. The number of hydrogen-bond acceptors (Lipinski definition) is 6. The smallest absolute Gasteiger partial charge is 0.257 e. The zero-order valence-electron chi connectivity index (χ0n) is 13.4. The van der Waals surface area contributed by atoms with Gasteiger partial charge < -0.3 is 10.1 Å². The van der Waals surface area contributed by atoms with Gasteiger partial charge in [0.05, 0.1) is 25.0 Å². The molecule has 1 unspecified atom stereocenters. The number of nitrogens with zero attached hydrogens (tertiary/aromatic N) is 4. The molecule has 0 radical (unpaired) electrons. The molecule has 0 saturated heterocycles. The van der Waals surface area contributed by atoms with Crippen LogP contribution in [0.4, 0.5) is 0 Å². The van der Waals surface area contributed by atoms with E-state index in [2.05, 4.69) is 20.4 Å². The topological polar surface area (TPSA) is 81.4 Å². The number of hydrogen-bond donors (Lipinski definition) is 1. The van der Waals surface area contributed by atoms with E-state index in [0.717, 1.165) is 41.2 Å². The SMILES string of the molecule is COc1nc2c(cc1C(=O)NC(C)c1cn3ncsc3n1)CCC2. The number of aryl methyl sites for hydroxylation is 2. The first kappa shape index (κ1) is 15.1. The number of amides is 1. The predicted octanol–water partition coefficient (Wildman–Crippen LogP) is 2.17. The van der Waals surface area contributed by atoms with Crippen molar-refractivity contribution in [1.29, 1.82) is 0 Å². The summed E-state index contributed by atoms with van der Waals surface area (Å²) >= 11 is 1.46. The number of carbonyl (C=O) groups excluding carboxylic acids is 1. The maximum absolute atomic E-state index is 12.7. The summed E-state index contributed by atoms with van der Waals surface area (Å²) in [4.78, 5) is 22.5. The Morgan fingerprint density at radius 1 is 1.42 bits per heavy atom. The van der Waals surface area contributed by atoms with Gasteiger partial charge in [-0.3, -0.25) is 4.79 Å². The van der Waals surface area contributed by atoms with Crippen molar-refractivity contribution in [3.8, 4) is 5.88 Å². The van der Waals surface area contributed by atoms with Crippen LogP contribution in [-0.2, 0) is 12.8 Å². The normalized spacial score (nSPS) is 14.6. The second kappa shape index (κ2) is 5.86. The molecule has 8 heteroatoms. The van der Waals surface area contributed by atoms with Crippen LogP contribution in [0.15, 0.2) is 17.8 Å². The maximum atomic E-state index is 12.7. The lowest BCUT2D eigenvalue weighted by atomic mass is 10.1. The third kappa shape index (κ3) is 2.52. The third-order valence-corrected chi connectivity index (χ3v) is 4.94. The summed E-state index contributed by atoms with van der Waals surface area (Å²) in [5, 5.41) is 7.13. The molecule has 3 aromatic heterocycles. The number of aromatic nitrogens is 4. The van der Waals surface area contributed by atoms with E-state index in [9.17, 15) is 4.79 Å². The summed E-state index contributed by atoms with van der Waals surface area (Å²) in [6.07, 6.45) is 4.81. The number of pyridine rings is 1. The zero-order valence-corrected chi connectivity index (χ0v) is 14.3. The minimum absolute atomic E-state index is 0.203. The molecule has 1 aliphatic carbocycles. The van der Waals surface area contributed by atoms with Crippen molar-refractivity contribution >= 4 is 22.2 Å². The molecule has 0 saturated carbocycles. The van der Waals surface area contributed by atoms with E-state index < -0.39 is 0 Å². The molecule has 1 amide bonds. The van der Waals surface area contributed by atoms with Gasteiger partial charge in [-0.1, -0.05) is 11.3 Å². The Morgan fingerprint density at radius 2 is 2.29 bits per heavy atom. The molecule has 24 heavy (non-hydrogen) atoms. The van der Waals surface area contributed by atoms with Crippen LogP contribution < -0.4 is 10.1 Å². The summed E-state index contributed by atoms with van der Waals surface area (Å²) in [6.45, 7) is 1.90. The third-order valence-electron chi connectivity index (χ3n) is 4.25. The van der Waals surface area contributed by atoms with Gasteiger partial charge in [-0.2, -0.15) is 5.10 Å². The molecule has 0 aliphatic heterocycles. The molecule has 0 fully saturated rings. The molecule has 1 atom stereocenters. The minimum atomic E-state index is -0.232. The van der Waals surface area contributed by atoms with Crippen molar-refractivity contribution in [2.45, 2.75) is 32.2 Å². The molecular weight excluding hydrogens is 326 g/mol. The standard InChI is InChI=1S/C16H17N5O2S/c1-9(13-7-21-16(20-13)24-8-17-21)18-14(22)11-6-10-4-3-5-12(10)19-15(11)23-2/h6-9H,3-5H2,1-2H3,(H,18,22). The number of nitrogens with one attached hydrogen (secondary N) is 1. The number of fused-ring (bicyclic) bond motifs is 2. The van der Waals surface area contributed by atoms with Gasteiger partial charge in [-0.15, -0.1) is 0 Å². The molecule has 0 bridgehead atoms. The van der Waals surface area contributed by atoms with Crippen LogP contribution in [0.25, 0.3) is 4.96 Å². The Kier molecular flexibility index (Phi) is 3.68. The number of methoxy groups -OCH3 is 1. The molecule has 4 rings (SSSR count). The number of imidazole rings is 1. The number of carbonyl (C=O) groups is 1. The van der Waals surface area contributed by atoms with Crippen LogP contribution in [0.5, 0.6) is 5.88 Å². The first-order valence-electron chi connectivity index (χ1n) is 7.82. The second-order valence-electron chi connectivity index (χ2n) is 5.83. The zero-order chi connectivity index (χ0) is 16.7. The molecule has 0 aromatic carbocycles. The Hall–Kier alpha value is -2.48. The van der Waals surface area contributed by atoms with Gasteiger partial charge in [0.2, 0.25) is 10.8 Å². The first-order chi connectivity index (χ1) is 11.7. The molecule has 124 valence electrons. The van der Waals surface area contributed by atoms with Gasteiger partial charge in [0.15, 0.2) is 0 Å². The van der Waals surface area contributed by atoms with Crippen LogP contribution in [0, 0.1) is 0 Å². The van der Waals surface area contributed by atoms with E-state index in [1.807, 2.05) is 19.2 Å². The summed E-state index contributed by atoms with van der Waals surface area (Å²) < 4.78 is 7.02. The average molecular weight is 343 g/mol. The van der Waals surface area contributed by atoms with Crippen LogP contribution in [0.2, 0.25) is 0 Å². The van der Waals surface area contributed by atoms with Crippen LogP contribution in [-0.4, -0.2) is 32.6 Å². The lowest BCUT2D eigenvalue weighted by molar-refractivity contribution is 0.0935. The van der Waals surface area contributed by atoms with Crippen molar-refractivity contribution < 1.29 is 9.53 Å². The van der Waals surface area contributed by atoms with Crippen molar-refractivity contribution in [1.82, 2.24) is 24.9 Å². The van der Waals surface area contributed by atoms with Gasteiger partial charge in [-0.25, -0.2) is 14.5 Å². The van der Waals surface area contributed by atoms with Gasteiger partial charge in [0.25, 0.3) is 5.91 Å². The Balaban J connectivity index is 1.58. The van der Waals surface area contributed by atoms with E-state index in [0.29, 0.717) is 11.4 Å². The molecule has 3 heterocycles. The Labute approximate surface area is 142 Å². The van der Waals surface area contributed by atoms with E-state index in [1.54, 1.807) is 17.1 Å². The monoisotopic (exact) mass is 343 g/mol. The maximum Gasteiger partial charge on any atom is 0.257 e. The summed E-state index contributed by atoms with van der Waals surface area (Å²) in [5.74, 6) is 0.179. The van der Waals surface area contributed by atoms with E-state index in [1.165, 1.54) is 11.3 Å². The lowest BCUT2D eigenvalue weighted by Crippen LogP contribution is -2.27. The van der Waals surface area contributed by atoms with E-state index >= 15 is 0 Å². The van der Waals surface area contributed by atoms with Crippen LogP contribution >= 0.6 is 11.3 Å². The molecular formula is C16H17N5O2S. The van der Waals surface area contributed by atoms with Crippen molar-refractivity contribution in [2.75, 3.05) is 7.11 Å². The van der Waals surface area contributed by atoms with Crippen LogP contribution in [0.1, 0.15) is 46.7 Å². The Morgan fingerprint density at radius 3 is 3.08 bits per heavy atom.